The molecule has 8 nitrogen and oxygen atoms in total. The second kappa shape index (κ2) is 8.31. The highest BCUT2D eigenvalue weighted by molar-refractivity contribution is 7.90. The number of benzene rings is 1. The quantitative estimate of drug-likeness (QED) is 0.723. The third-order valence-electron chi connectivity index (χ3n) is 4.15. The van der Waals surface area contributed by atoms with E-state index in [9.17, 15) is 17.8 Å². The van der Waals surface area contributed by atoms with Crippen molar-refractivity contribution in [3.8, 4) is 0 Å². The van der Waals surface area contributed by atoms with E-state index >= 15 is 0 Å². The van der Waals surface area contributed by atoms with Crippen LogP contribution in [0.1, 0.15) is 32.1 Å². The standard InChI is InChI=1S/C15H23N2O6PS/c1-22-24(19,23-2)14-11-7-6-10-13(14)16-15(18)17-25(20,21)12-8-4-3-5-9-12/h6-7,10-12H,3-5,8-9H2,1-2H3,(H2,16,17,18). The van der Waals surface area contributed by atoms with E-state index in [1.54, 1.807) is 12.1 Å². The van der Waals surface area contributed by atoms with Gasteiger partial charge in [0.2, 0.25) is 10.0 Å². The highest BCUT2D eigenvalue weighted by Crippen LogP contribution is 2.47. The molecular weight excluding hydrogens is 367 g/mol. The Morgan fingerprint density at radius 3 is 2.32 bits per heavy atom. The molecule has 1 aliphatic rings. The fourth-order valence-electron chi connectivity index (χ4n) is 2.83. The first-order valence-electron chi connectivity index (χ1n) is 7.96. The zero-order chi connectivity index (χ0) is 18.5. The Morgan fingerprint density at radius 1 is 1.12 bits per heavy atom. The molecule has 2 N–H and O–H groups in total. The van der Waals surface area contributed by atoms with E-state index in [1.165, 1.54) is 26.4 Å². The van der Waals surface area contributed by atoms with Crippen molar-refractivity contribution < 1.29 is 26.8 Å². The zero-order valence-electron chi connectivity index (χ0n) is 14.2. The molecule has 0 unspecified atom stereocenters. The highest BCUT2D eigenvalue weighted by Gasteiger charge is 2.31. The molecule has 1 aromatic rings. The number of rotatable bonds is 6. The van der Waals surface area contributed by atoms with E-state index in [0.29, 0.717) is 12.8 Å². The number of hydrogen-bond donors (Lipinski definition) is 2. The van der Waals surface area contributed by atoms with Gasteiger partial charge in [-0.15, -0.1) is 0 Å². The summed E-state index contributed by atoms with van der Waals surface area (Å²) in [4.78, 5) is 12.2. The normalized spacial score (nSPS) is 16.4. The van der Waals surface area contributed by atoms with Crippen molar-refractivity contribution >= 4 is 34.6 Å². The third-order valence-corrected chi connectivity index (χ3v) is 7.91. The molecular formula is C15H23N2O6PS. The molecule has 1 fully saturated rings. The number of para-hydroxylation sites is 1. The molecule has 1 saturated carbocycles. The van der Waals surface area contributed by atoms with Crippen LogP contribution in [-0.4, -0.2) is 33.9 Å². The minimum atomic E-state index is -3.76. The summed E-state index contributed by atoms with van der Waals surface area (Å²) in [7, 11) is -4.89. The summed E-state index contributed by atoms with van der Waals surface area (Å²) >= 11 is 0. The van der Waals surface area contributed by atoms with Gasteiger partial charge in [-0.05, 0) is 25.0 Å². The largest absolute Gasteiger partial charge is 0.362 e. The molecule has 0 heterocycles. The monoisotopic (exact) mass is 390 g/mol. The second-order valence-corrected chi connectivity index (χ2v) is 9.91. The Kier molecular flexibility index (Phi) is 6.62. The summed E-state index contributed by atoms with van der Waals surface area (Å²) in [6.45, 7) is 0. The average molecular weight is 390 g/mol. The van der Waals surface area contributed by atoms with Crippen LogP contribution in [0.5, 0.6) is 0 Å². The van der Waals surface area contributed by atoms with Crippen molar-refractivity contribution in [3.05, 3.63) is 24.3 Å². The van der Waals surface area contributed by atoms with Crippen LogP contribution >= 0.6 is 7.60 Å². The number of hydrogen-bond acceptors (Lipinski definition) is 6. The van der Waals surface area contributed by atoms with Gasteiger partial charge in [0, 0.05) is 14.2 Å². The molecule has 2 amide bonds. The van der Waals surface area contributed by atoms with Gasteiger partial charge in [0.1, 0.15) is 0 Å². The molecule has 2 rings (SSSR count). The topological polar surface area (TPSA) is 111 Å². The van der Waals surface area contributed by atoms with Gasteiger partial charge in [0.15, 0.2) is 0 Å². The van der Waals surface area contributed by atoms with Crippen LogP contribution in [0.3, 0.4) is 0 Å². The summed E-state index contributed by atoms with van der Waals surface area (Å²) in [6.07, 6.45) is 3.76. The Labute approximate surface area is 147 Å². The lowest BCUT2D eigenvalue weighted by molar-refractivity contribution is 0.256. The van der Waals surface area contributed by atoms with Crippen LogP contribution in [0.15, 0.2) is 24.3 Å². The third kappa shape index (κ3) is 4.82. The maximum atomic E-state index is 12.6. The smallest absolute Gasteiger partial charge is 0.309 e. The maximum absolute atomic E-state index is 12.6. The van der Waals surface area contributed by atoms with Gasteiger partial charge in [-0.3, -0.25) is 4.57 Å². The van der Waals surface area contributed by atoms with Crippen LogP contribution < -0.4 is 15.3 Å². The van der Waals surface area contributed by atoms with E-state index in [-0.39, 0.29) is 11.0 Å². The summed E-state index contributed by atoms with van der Waals surface area (Å²) in [6, 6.07) is 5.30. The molecule has 25 heavy (non-hydrogen) atoms. The van der Waals surface area contributed by atoms with Crippen molar-refractivity contribution in [3.63, 3.8) is 0 Å². The molecule has 140 valence electrons. The minimum Gasteiger partial charge on any atom is -0.309 e. The molecule has 10 heteroatoms. The number of nitrogens with one attached hydrogen (secondary N) is 2. The number of sulfonamides is 1. The van der Waals surface area contributed by atoms with E-state index in [2.05, 4.69) is 5.32 Å². The summed E-state index contributed by atoms with van der Waals surface area (Å²) in [5.41, 5.74) is 0.158. The Bertz CT molecular complexity index is 753. The molecule has 1 aromatic carbocycles. The molecule has 0 saturated heterocycles. The van der Waals surface area contributed by atoms with Gasteiger partial charge >= 0.3 is 13.6 Å². The van der Waals surface area contributed by atoms with Crippen LogP contribution in [0, 0.1) is 0 Å². The lowest BCUT2D eigenvalue weighted by atomic mass is 10.0. The fraction of sp³-hybridized carbons (Fsp3) is 0.533. The van der Waals surface area contributed by atoms with Crippen LogP contribution in [0.2, 0.25) is 0 Å². The fourth-order valence-corrected chi connectivity index (χ4v) is 5.49. The SMILES string of the molecule is COP(=O)(OC)c1ccccc1NC(=O)NS(=O)(=O)C1CCCCC1. The number of carbonyl (C=O) groups is 1. The van der Waals surface area contributed by atoms with Crippen LogP contribution in [-0.2, 0) is 23.6 Å². The van der Waals surface area contributed by atoms with Crippen molar-refractivity contribution in [2.24, 2.45) is 0 Å². The minimum absolute atomic E-state index is 0.144. The van der Waals surface area contributed by atoms with Crippen molar-refractivity contribution in [1.29, 1.82) is 0 Å². The molecule has 0 atom stereocenters. The number of anilines is 1. The predicted molar refractivity (Wildman–Crippen MR) is 95.6 cm³/mol. The van der Waals surface area contributed by atoms with Gasteiger partial charge in [-0.2, -0.15) is 0 Å². The lowest BCUT2D eigenvalue weighted by Gasteiger charge is -2.22. The summed E-state index contributed by atoms with van der Waals surface area (Å²) < 4.78 is 49.1. The molecule has 0 bridgehead atoms. The van der Waals surface area contributed by atoms with E-state index in [0.717, 1.165) is 19.3 Å². The molecule has 1 aliphatic carbocycles. The van der Waals surface area contributed by atoms with E-state index in [4.69, 9.17) is 9.05 Å². The Balaban J connectivity index is 2.15. The molecule has 0 aliphatic heterocycles. The summed E-state index contributed by atoms with van der Waals surface area (Å²) in [5.74, 6) is 0. The number of urea groups is 1. The van der Waals surface area contributed by atoms with Gasteiger partial charge in [0.05, 0.1) is 16.2 Å². The van der Waals surface area contributed by atoms with Crippen molar-refractivity contribution in [2.45, 2.75) is 37.4 Å². The van der Waals surface area contributed by atoms with Gasteiger partial charge in [0.25, 0.3) is 0 Å². The first-order chi connectivity index (χ1) is 11.8. The van der Waals surface area contributed by atoms with Crippen molar-refractivity contribution in [1.82, 2.24) is 4.72 Å². The van der Waals surface area contributed by atoms with E-state index < -0.39 is 28.9 Å². The first kappa shape index (κ1) is 19.9. The molecule has 0 radical (unpaired) electrons. The number of carbonyl (C=O) groups excluding carboxylic acids is 1. The van der Waals surface area contributed by atoms with E-state index in [1.807, 2.05) is 4.72 Å². The number of amides is 2. The second-order valence-electron chi connectivity index (χ2n) is 5.74. The predicted octanol–water partition coefficient (Wildman–Crippen LogP) is 2.58. The van der Waals surface area contributed by atoms with Gasteiger partial charge in [-0.25, -0.2) is 17.9 Å². The average Bonchev–Trinajstić information content (AvgIpc) is 2.61. The Hall–Kier alpha value is -1.41. The molecule has 0 aromatic heterocycles. The Morgan fingerprint density at radius 2 is 1.72 bits per heavy atom. The van der Waals surface area contributed by atoms with Gasteiger partial charge < -0.3 is 14.4 Å². The molecule has 0 spiro atoms. The zero-order valence-corrected chi connectivity index (χ0v) is 15.9. The maximum Gasteiger partial charge on any atom is 0.362 e. The van der Waals surface area contributed by atoms with Crippen LogP contribution in [0.4, 0.5) is 10.5 Å². The highest BCUT2D eigenvalue weighted by atomic mass is 32.2. The van der Waals surface area contributed by atoms with Crippen LogP contribution in [0.25, 0.3) is 0 Å². The van der Waals surface area contributed by atoms with Crippen molar-refractivity contribution in [2.75, 3.05) is 19.5 Å². The lowest BCUT2D eigenvalue weighted by Crippen LogP contribution is -2.41. The summed E-state index contributed by atoms with van der Waals surface area (Å²) in [5, 5.41) is 2.00. The van der Waals surface area contributed by atoms with Gasteiger partial charge in [-0.1, -0.05) is 31.4 Å². The first-order valence-corrected chi connectivity index (χ1v) is 11.0.